The van der Waals surface area contributed by atoms with Gasteiger partial charge in [-0.2, -0.15) is 0 Å². The van der Waals surface area contributed by atoms with Gasteiger partial charge in [-0.15, -0.1) is 0 Å². The van der Waals surface area contributed by atoms with Crippen molar-refractivity contribution in [2.75, 3.05) is 18.9 Å². The Morgan fingerprint density at radius 1 is 1.42 bits per heavy atom. The predicted octanol–water partition coefficient (Wildman–Crippen LogP) is 0.178. The first-order valence-corrected chi connectivity index (χ1v) is 5.64. The summed E-state index contributed by atoms with van der Waals surface area (Å²) >= 11 is 0. The van der Waals surface area contributed by atoms with Gasteiger partial charge in [0.1, 0.15) is 11.8 Å². The van der Waals surface area contributed by atoms with Gasteiger partial charge in [0.05, 0.1) is 31.9 Å². The second kappa shape index (κ2) is 5.72. The van der Waals surface area contributed by atoms with Crippen molar-refractivity contribution < 1.29 is 14.6 Å². The fourth-order valence-corrected chi connectivity index (χ4v) is 1.83. The van der Waals surface area contributed by atoms with Crippen LogP contribution in [0.2, 0.25) is 0 Å². The molecule has 1 unspecified atom stereocenters. The van der Waals surface area contributed by atoms with E-state index in [1.165, 1.54) is 12.7 Å². The Morgan fingerprint density at radius 2 is 2.21 bits per heavy atom. The quantitative estimate of drug-likeness (QED) is 0.712. The van der Waals surface area contributed by atoms with Gasteiger partial charge in [0, 0.05) is 0 Å². The highest BCUT2D eigenvalue weighted by atomic mass is 19.1. The summed E-state index contributed by atoms with van der Waals surface area (Å²) in [6, 6.07) is -0.478. The second-order valence-electron chi connectivity index (χ2n) is 4.05. The normalized spacial score (nSPS) is 13.9. The van der Waals surface area contributed by atoms with Crippen LogP contribution in [-0.2, 0) is 0 Å². The number of nitrogen functional groups attached to an aromatic ring is 1. The summed E-state index contributed by atoms with van der Waals surface area (Å²) in [7, 11) is 0. The van der Waals surface area contributed by atoms with Gasteiger partial charge in [0.25, 0.3) is 0 Å². The van der Waals surface area contributed by atoms with Gasteiger partial charge in [-0.1, -0.05) is 0 Å². The first-order valence-electron chi connectivity index (χ1n) is 5.64. The molecule has 2 rings (SSSR count). The largest absolute Gasteiger partial charge is 0.394 e. The van der Waals surface area contributed by atoms with E-state index in [2.05, 4.69) is 15.0 Å². The number of nitrogens with zero attached hydrogens (tertiary/aromatic N) is 4. The maximum atomic E-state index is 12.5. The van der Waals surface area contributed by atoms with Crippen LogP contribution in [0.25, 0.3) is 11.2 Å². The summed E-state index contributed by atoms with van der Waals surface area (Å²) in [5.41, 5.74) is 6.73. The number of aliphatic hydroxyl groups is 2. The van der Waals surface area contributed by atoms with Gasteiger partial charge in [-0.25, -0.2) is 19.3 Å². The van der Waals surface area contributed by atoms with Crippen LogP contribution in [0.4, 0.5) is 10.2 Å². The third-order valence-corrected chi connectivity index (χ3v) is 2.85. The van der Waals surface area contributed by atoms with E-state index >= 15 is 0 Å². The summed E-state index contributed by atoms with van der Waals surface area (Å²) in [5.74, 6) is 0.240. The molecule has 0 saturated carbocycles. The van der Waals surface area contributed by atoms with Crippen LogP contribution in [0.1, 0.15) is 12.5 Å². The Hall–Kier alpha value is -2.06. The molecule has 0 aromatic carbocycles. The molecule has 0 fully saturated rings. The molecule has 0 radical (unpaired) electrons. The number of nitrogens with two attached hydrogens (primary N) is 1. The number of imidazole rings is 1. The topological polar surface area (TPSA) is 110 Å². The molecule has 0 aliphatic carbocycles. The lowest BCUT2D eigenvalue weighted by atomic mass is 10.1. The lowest BCUT2D eigenvalue weighted by molar-refractivity contribution is 0.223. The molecule has 4 N–H and O–H groups in total. The lowest BCUT2D eigenvalue weighted by Gasteiger charge is -2.16. The molecule has 0 amide bonds. The van der Waals surface area contributed by atoms with Crippen molar-refractivity contribution in [1.29, 1.82) is 0 Å². The van der Waals surface area contributed by atoms with E-state index in [1.54, 1.807) is 4.57 Å². The Labute approximate surface area is 108 Å². The molecule has 0 spiro atoms. The molecular formula is C11H14FN5O2. The number of anilines is 1. The fraction of sp³-hybridized carbons (Fsp3) is 0.364. The van der Waals surface area contributed by atoms with E-state index in [1.807, 2.05) is 0 Å². The van der Waals surface area contributed by atoms with Crippen LogP contribution in [0, 0.1) is 0 Å². The maximum absolute atomic E-state index is 12.5. The number of rotatable bonds is 5. The van der Waals surface area contributed by atoms with Crippen LogP contribution in [0.5, 0.6) is 0 Å². The van der Waals surface area contributed by atoms with Crippen LogP contribution in [-0.4, -0.2) is 42.9 Å². The van der Waals surface area contributed by atoms with Gasteiger partial charge >= 0.3 is 0 Å². The summed E-state index contributed by atoms with van der Waals surface area (Å²) in [6.45, 7) is -0.649. The first-order chi connectivity index (χ1) is 9.21. The van der Waals surface area contributed by atoms with Crippen LogP contribution in [0.15, 0.2) is 24.6 Å². The molecular weight excluding hydrogens is 253 g/mol. The molecule has 102 valence electrons. The molecule has 0 aliphatic rings. The van der Waals surface area contributed by atoms with E-state index in [4.69, 9.17) is 10.8 Å². The molecule has 2 aromatic heterocycles. The monoisotopic (exact) mass is 267 g/mol. The number of aromatic nitrogens is 4. The maximum Gasteiger partial charge on any atom is 0.165 e. The Balaban J connectivity index is 2.39. The zero-order valence-electron chi connectivity index (χ0n) is 10.1. The van der Waals surface area contributed by atoms with Crippen molar-refractivity contribution in [3.05, 3.63) is 24.6 Å². The summed E-state index contributed by atoms with van der Waals surface area (Å²) in [5, 5.41) is 18.4. The molecule has 7 nitrogen and oxygen atoms in total. The zero-order valence-corrected chi connectivity index (χ0v) is 10.1. The molecule has 1 atom stereocenters. The number of hydrogen-bond acceptors (Lipinski definition) is 6. The SMILES string of the molecule is Nc1ncnc2c1ncn2C(CO)C/C(=C\F)CO. The first kappa shape index (κ1) is 13.4. The van der Waals surface area contributed by atoms with Crippen LogP contribution < -0.4 is 5.73 Å². The van der Waals surface area contributed by atoms with Crippen molar-refractivity contribution >= 4 is 17.0 Å². The van der Waals surface area contributed by atoms with E-state index in [0.29, 0.717) is 17.5 Å². The van der Waals surface area contributed by atoms with Crippen molar-refractivity contribution in [2.24, 2.45) is 0 Å². The van der Waals surface area contributed by atoms with Gasteiger partial charge in [-0.3, -0.25) is 0 Å². The average Bonchev–Trinajstić information content (AvgIpc) is 2.86. The van der Waals surface area contributed by atoms with Crippen molar-refractivity contribution in [1.82, 2.24) is 19.5 Å². The van der Waals surface area contributed by atoms with Gasteiger partial charge in [0.15, 0.2) is 11.5 Å². The number of aliphatic hydroxyl groups excluding tert-OH is 2. The molecule has 2 heterocycles. The molecule has 2 aromatic rings. The van der Waals surface area contributed by atoms with E-state index in [9.17, 15) is 9.50 Å². The Bertz CT molecular complexity index is 598. The number of fused-ring (bicyclic) bond motifs is 1. The van der Waals surface area contributed by atoms with E-state index in [-0.39, 0.29) is 24.4 Å². The number of hydrogen-bond donors (Lipinski definition) is 3. The lowest BCUT2D eigenvalue weighted by Crippen LogP contribution is -2.15. The Morgan fingerprint density at radius 3 is 2.84 bits per heavy atom. The molecule has 19 heavy (non-hydrogen) atoms. The second-order valence-corrected chi connectivity index (χ2v) is 4.05. The van der Waals surface area contributed by atoms with Crippen molar-refractivity contribution in [3.8, 4) is 0 Å². The summed E-state index contributed by atoms with van der Waals surface area (Å²) in [4.78, 5) is 11.9. The van der Waals surface area contributed by atoms with Gasteiger partial charge < -0.3 is 20.5 Å². The fourth-order valence-electron chi connectivity index (χ4n) is 1.83. The number of halogens is 1. The van der Waals surface area contributed by atoms with Gasteiger partial charge in [0.2, 0.25) is 0 Å². The minimum absolute atomic E-state index is 0.152. The molecule has 8 heteroatoms. The highest BCUT2D eigenvalue weighted by Crippen LogP contribution is 2.23. The van der Waals surface area contributed by atoms with E-state index < -0.39 is 12.6 Å². The Kier molecular flexibility index (Phi) is 4.03. The third-order valence-electron chi connectivity index (χ3n) is 2.85. The summed E-state index contributed by atoms with van der Waals surface area (Å²) < 4.78 is 14.1. The van der Waals surface area contributed by atoms with Crippen LogP contribution >= 0.6 is 0 Å². The zero-order chi connectivity index (χ0) is 13.8. The summed E-state index contributed by atoms with van der Waals surface area (Å²) in [6.07, 6.45) is 3.25. The van der Waals surface area contributed by atoms with Gasteiger partial charge in [-0.05, 0) is 12.0 Å². The standard InChI is InChI=1S/C11H14FN5O2/c12-2-7(3-18)1-8(4-19)17-6-16-9-10(13)14-5-15-11(9)17/h2,5-6,8,18-19H,1,3-4H2,(H2,13,14,15)/b7-2+. The smallest absolute Gasteiger partial charge is 0.165 e. The highest BCUT2D eigenvalue weighted by molar-refractivity contribution is 5.81. The minimum atomic E-state index is -0.478. The molecule has 0 saturated heterocycles. The highest BCUT2D eigenvalue weighted by Gasteiger charge is 2.17. The van der Waals surface area contributed by atoms with E-state index in [0.717, 1.165) is 0 Å². The third kappa shape index (κ3) is 2.54. The average molecular weight is 267 g/mol. The minimum Gasteiger partial charge on any atom is -0.394 e. The van der Waals surface area contributed by atoms with Crippen molar-refractivity contribution in [3.63, 3.8) is 0 Å². The van der Waals surface area contributed by atoms with Crippen LogP contribution in [0.3, 0.4) is 0 Å². The predicted molar refractivity (Wildman–Crippen MR) is 66.8 cm³/mol. The molecule has 0 aliphatic heterocycles. The molecule has 0 bridgehead atoms. The van der Waals surface area contributed by atoms with Crippen molar-refractivity contribution in [2.45, 2.75) is 12.5 Å².